The van der Waals surface area contributed by atoms with Gasteiger partial charge in [0.2, 0.25) is 5.91 Å². The van der Waals surface area contributed by atoms with E-state index in [0.29, 0.717) is 6.61 Å². The molecule has 6 nitrogen and oxygen atoms in total. The van der Waals surface area contributed by atoms with E-state index in [0.717, 1.165) is 0 Å². The first-order valence-electron chi connectivity index (χ1n) is 5.73. The second-order valence-corrected chi connectivity index (χ2v) is 4.58. The number of amides is 1. The molecule has 1 aromatic rings. The Morgan fingerprint density at radius 2 is 2.32 bits per heavy atom. The van der Waals surface area contributed by atoms with Crippen molar-refractivity contribution in [3.8, 4) is 0 Å². The minimum Gasteiger partial charge on any atom is -0.389 e. The van der Waals surface area contributed by atoms with Crippen molar-refractivity contribution in [2.45, 2.75) is 19.5 Å². The van der Waals surface area contributed by atoms with E-state index in [1.165, 1.54) is 16.8 Å². The minimum atomic E-state index is -0.371. The molecule has 1 unspecified atom stereocenters. The summed E-state index contributed by atoms with van der Waals surface area (Å²) in [6, 6.07) is 3.04. The number of nitrogens with two attached hydrogens (primary N) is 1. The minimum absolute atomic E-state index is 0.0208. The van der Waals surface area contributed by atoms with Crippen LogP contribution in [0.3, 0.4) is 0 Å². The van der Waals surface area contributed by atoms with Gasteiger partial charge < -0.3 is 20.4 Å². The SMILES string of the molecule is COCC(C)NC(=O)Cn1cccc(C(N)=S)c1=O. The molecule has 1 rings (SSSR count). The monoisotopic (exact) mass is 283 g/mol. The summed E-state index contributed by atoms with van der Waals surface area (Å²) in [6.07, 6.45) is 1.52. The van der Waals surface area contributed by atoms with Gasteiger partial charge in [0, 0.05) is 19.3 Å². The van der Waals surface area contributed by atoms with E-state index in [1.54, 1.807) is 13.2 Å². The van der Waals surface area contributed by atoms with Crippen LogP contribution in [0.5, 0.6) is 0 Å². The van der Waals surface area contributed by atoms with Crippen LogP contribution in [0.1, 0.15) is 12.5 Å². The van der Waals surface area contributed by atoms with Crippen molar-refractivity contribution in [3.05, 3.63) is 34.2 Å². The summed E-state index contributed by atoms with van der Waals surface area (Å²) < 4.78 is 6.18. The second-order valence-electron chi connectivity index (χ2n) is 4.14. The maximum Gasteiger partial charge on any atom is 0.261 e. The van der Waals surface area contributed by atoms with Gasteiger partial charge in [-0.3, -0.25) is 9.59 Å². The molecular weight excluding hydrogens is 266 g/mol. The van der Waals surface area contributed by atoms with Gasteiger partial charge in [0.05, 0.1) is 12.2 Å². The molecule has 0 radical (unpaired) electrons. The van der Waals surface area contributed by atoms with Crippen LogP contribution in [0.2, 0.25) is 0 Å². The van der Waals surface area contributed by atoms with Crippen molar-refractivity contribution >= 4 is 23.1 Å². The standard InChI is InChI=1S/C12H17N3O3S/c1-8(7-18-2)14-10(16)6-15-5-3-4-9(11(13)19)12(15)17/h3-5,8H,6-7H2,1-2H3,(H2,13,19)(H,14,16). The molecule has 0 saturated carbocycles. The highest BCUT2D eigenvalue weighted by Gasteiger charge is 2.10. The fourth-order valence-corrected chi connectivity index (χ4v) is 1.77. The summed E-state index contributed by atoms with van der Waals surface area (Å²) in [4.78, 5) is 23.7. The van der Waals surface area contributed by atoms with Crippen molar-refractivity contribution in [1.82, 2.24) is 9.88 Å². The van der Waals surface area contributed by atoms with Gasteiger partial charge in [-0.05, 0) is 19.1 Å². The molecule has 1 atom stereocenters. The van der Waals surface area contributed by atoms with Crippen molar-refractivity contribution in [2.24, 2.45) is 5.73 Å². The fraction of sp³-hybridized carbons (Fsp3) is 0.417. The Hall–Kier alpha value is -1.73. The maximum atomic E-state index is 11.9. The number of hydrogen-bond donors (Lipinski definition) is 2. The summed E-state index contributed by atoms with van der Waals surface area (Å²) >= 11 is 4.77. The highest BCUT2D eigenvalue weighted by atomic mass is 32.1. The van der Waals surface area contributed by atoms with Gasteiger partial charge in [0.1, 0.15) is 11.5 Å². The van der Waals surface area contributed by atoms with Crippen molar-refractivity contribution < 1.29 is 9.53 Å². The zero-order valence-electron chi connectivity index (χ0n) is 10.9. The molecule has 1 heterocycles. The van der Waals surface area contributed by atoms with E-state index in [-0.39, 0.29) is 34.6 Å². The van der Waals surface area contributed by atoms with Crippen LogP contribution >= 0.6 is 12.2 Å². The zero-order chi connectivity index (χ0) is 14.4. The average molecular weight is 283 g/mol. The van der Waals surface area contributed by atoms with Crippen LogP contribution in [0.4, 0.5) is 0 Å². The summed E-state index contributed by atoms with van der Waals surface area (Å²) in [5.41, 5.74) is 5.30. The molecule has 1 aromatic heterocycles. The number of nitrogens with zero attached hydrogens (tertiary/aromatic N) is 1. The van der Waals surface area contributed by atoms with E-state index in [9.17, 15) is 9.59 Å². The lowest BCUT2D eigenvalue weighted by Crippen LogP contribution is -2.40. The van der Waals surface area contributed by atoms with Gasteiger partial charge in [-0.1, -0.05) is 12.2 Å². The predicted molar refractivity (Wildman–Crippen MR) is 76.1 cm³/mol. The third-order valence-corrected chi connectivity index (χ3v) is 2.64. The normalized spacial score (nSPS) is 11.9. The van der Waals surface area contributed by atoms with E-state index in [1.807, 2.05) is 6.92 Å². The summed E-state index contributed by atoms with van der Waals surface area (Å²) in [6.45, 7) is 2.15. The third kappa shape index (κ3) is 4.46. The number of carbonyl (C=O) groups is 1. The zero-order valence-corrected chi connectivity index (χ0v) is 11.7. The number of nitrogens with one attached hydrogen (secondary N) is 1. The van der Waals surface area contributed by atoms with Crippen LogP contribution < -0.4 is 16.6 Å². The first kappa shape index (κ1) is 15.3. The van der Waals surface area contributed by atoms with Crippen LogP contribution in [0.25, 0.3) is 0 Å². The highest BCUT2D eigenvalue weighted by molar-refractivity contribution is 7.80. The number of carbonyl (C=O) groups excluding carboxylic acids is 1. The van der Waals surface area contributed by atoms with Gasteiger partial charge in [0.15, 0.2) is 0 Å². The molecule has 0 aliphatic heterocycles. The van der Waals surface area contributed by atoms with Gasteiger partial charge in [0.25, 0.3) is 5.56 Å². The van der Waals surface area contributed by atoms with Crippen molar-refractivity contribution in [2.75, 3.05) is 13.7 Å². The smallest absolute Gasteiger partial charge is 0.261 e. The number of ether oxygens (including phenoxy) is 1. The molecule has 1 amide bonds. The number of rotatable bonds is 6. The lowest BCUT2D eigenvalue weighted by atomic mass is 10.2. The third-order valence-electron chi connectivity index (χ3n) is 2.42. The summed E-state index contributed by atoms with van der Waals surface area (Å²) in [5.74, 6) is -0.272. The Kier molecular flexibility index (Phi) is 5.65. The van der Waals surface area contributed by atoms with Crippen molar-refractivity contribution in [3.63, 3.8) is 0 Å². The molecule has 7 heteroatoms. The number of hydrogen-bond acceptors (Lipinski definition) is 4. The Labute approximate surface area is 116 Å². The molecule has 19 heavy (non-hydrogen) atoms. The maximum absolute atomic E-state index is 11.9. The number of methoxy groups -OCH3 is 1. The van der Waals surface area contributed by atoms with E-state index in [2.05, 4.69) is 5.32 Å². The average Bonchev–Trinajstić information content (AvgIpc) is 2.31. The molecular formula is C12H17N3O3S. The topological polar surface area (TPSA) is 86.3 Å². The van der Waals surface area contributed by atoms with E-state index < -0.39 is 0 Å². The van der Waals surface area contributed by atoms with Gasteiger partial charge >= 0.3 is 0 Å². The van der Waals surface area contributed by atoms with Gasteiger partial charge in [-0.2, -0.15) is 0 Å². The Morgan fingerprint density at radius 3 is 2.89 bits per heavy atom. The number of aromatic nitrogens is 1. The Bertz CT molecular complexity index is 527. The molecule has 0 aromatic carbocycles. The van der Waals surface area contributed by atoms with Crippen LogP contribution in [-0.4, -0.2) is 35.2 Å². The molecule has 0 spiro atoms. The summed E-state index contributed by atoms with van der Waals surface area (Å²) in [5, 5.41) is 2.72. The Balaban J connectivity index is 2.78. The second kappa shape index (κ2) is 7.01. The quantitative estimate of drug-likeness (QED) is 0.696. The van der Waals surface area contributed by atoms with E-state index in [4.69, 9.17) is 22.7 Å². The molecule has 0 aliphatic rings. The molecule has 104 valence electrons. The first-order valence-corrected chi connectivity index (χ1v) is 6.14. The van der Waals surface area contributed by atoms with Crippen molar-refractivity contribution in [1.29, 1.82) is 0 Å². The van der Waals surface area contributed by atoms with Gasteiger partial charge in [-0.25, -0.2) is 0 Å². The summed E-state index contributed by atoms with van der Waals surface area (Å²) in [7, 11) is 1.55. The highest BCUT2D eigenvalue weighted by Crippen LogP contribution is 1.93. The predicted octanol–water partition coefficient (Wildman–Crippen LogP) is -0.366. The van der Waals surface area contributed by atoms with Gasteiger partial charge in [-0.15, -0.1) is 0 Å². The van der Waals surface area contributed by atoms with Crippen LogP contribution in [0.15, 0.2) is 23.1 Å². The Morgan fingerprint density at radius 1 is 1.63 bits per heavy atom. The fourth-order valence-electron chi connectivity index (χ4n) is 1.62. The van der Waals surface area contributed by atoms with E-state index >= 15 is 0 Å². The lowest BCUT2D eigenvalue weighted by molar-refractivity contribution is -0.122. The van der Waals surface area contributed by atoms with Crippen LogP contribution in [0, 0.1) is 0 Å². The number of pyridine rings is 1. The van der Waals surface area contributed by atoms with Crippen LogP contribution in [-0.2, 0) is 16.1 Å². The largest absolute Gasteiger partial charge is 0.389 e. The lowest BCUT2D eigenvalue weighted by Gasteiger charge is -2.13. The molecule has 0 fully saturated rings. The number of thiocarbonyl (C=S) groups is 1. The molecule has 0 aliphatic carbocycles. The first-order chi connectivity index (χ1) is 8.95. The molecule has 0 saturated heterocycles. The molecule has 3 N–H and O–H groups in total. The molecule has 0 bridgehead atoms.